The van der Waals surface area contributed by atoms with Crippen molar-refractivity contribution in [2.45, 2.75) is 31.6 Å². The molecule has 5 heteroatoms. The Morgan fingerprint density at radius 1 is 1.19 bits per heavy atom. The maximum atomic E-state index is 14.2. The van der Waals surface area contributed by atoms with Gasteiger partial charge in [0.1, 0.15) is 11.6 Å². The fourth-order valence-electron chi connectivity index (χ4n) is 3.05. The van der Waals surface area contributed by atoms with Gasteiger partial charge >= 0.3 is 5.97 Å². The number of benzene rings is 1. The third-order valence-electron chi connectivity index (χ3n) is 4.24. The summed E-state index contributed by atoms with van der Waals surface area (Å²) in [5.41, 5.74) is 1.06. The molecule has 0 bridgehead atoms. The topological polar surface area (TPSA) is 70.4 Å². The monoisotopic (exact) mass is 289 g/mol. The number of phenolic OH excluding ortho intramolecular Hbond substituents is 1. The molecule has 0 atom stereocenters. The molecule has 1 heterocycles. The molecule has 1 aromatic carbocycles. The molecule has 3 rings (SSSR count). The van der Waals surface area contributed by atoms with Gasteiger partial charge in [-0.25, -0.2) is 9.37 Å². The highest BCUT2D eigenvalue weighted by Crippen LogP contribution is 2.37. The van der Waals surface area contributed by atoms with Crippen LogP contribution < -0.4 is 0 Å². The first-order valence-corrected chi connectivity index (χ1v) is 7.06. The molecule has 0 aliphatic heterocycles. The number of aromatic nitrogens is 1. The summed E-state index contributed by atoms with van der Waals surface area (Å²) >= 11 is 0. The van der Waals surface area contributed by atoms with Crippen LogP contribution in [0.25, 0.3) is 10.9 Å². The lowest BCUT2D eigenvalue weighted by Crippen LogP contribution is -2.21. The molecule has 21 heavy (non-hydrogen) atoms. The van der Waals surface area contributed by atoms with Crippen molar-refractivity contribution in [2.24, 2.45) is 5.92 Å². The Bertz CT molecular complexity index is 693. The number of phenols is 1. The van der Waals surface area contributed by atoms with Crippen LogP contribution in [0.5, 0.6) is 5.75 Å². The Balaban J connectivity index is 1.89. The van der Waals surface area contributed by atoms with Crippen LogP contribution >= 0.6 is 0 Å². The molecule has 0 saturated heterocycles. The number of hydrogen-bond donors (Lipinski definition) is 2. The number of nitrogens with zero attached hydrogens (tertiary/aromatic N) is 1. The fourth-order valence-corrected chi connectivity index (χ4v) is 3.05. The van der Waals surface area contributed by atoms with Gasteiger partial charge in [0.2, 0.25) is 0 Å². The molecule has 1 aliphatic rings. The van der Waals surface area contributed by atoms with E-state index in [1.165, 1.54) is 18.2 Å². The third kappa shape index (κ3) is 2.68. The van der Waals surface area contributed by atoms with E-state index in [2.05, 4.69) is 4.98 Å². The van der Waals surface area contributed by atoms with E-state index in [-0.39, 0.29) is 23.4 Å². The van der Waals surface area contributed by atoms with Gasteiger partial charge in [-0.1, -0.05) is 0 Å². The minimum absolute atomic E-state index is 0.0289. The number of fused-ring (bicyclic) bond motifs is 1. The van der Waals surface area contributed by atoms with Gasteiger partial charge < -0.3 is 10.2 Å². The number of carboxylic acid groups (broad SMARTS) is 1. The van der Waals surface area contributed by atoms with Crippen LogP contribution in [0, 0.1) is 11.7 Å². The zero-order chi connectivity index (χ0) is 15.0. The van der Waals surface area contributed by atoms with Crippen LogP contribution in [0.15, 0.2) is 24.3 Å². The largest absolute Gasteiger partial charge is 0.508 e. The fraction of sp³-hybridized carbons (Fsp3) is 0.375. The number of rotatable bonds is 2. The molecule has 0 spiro atoms. The zero-order valence-electron chi connectivity index (χ0n) is 11.4. The predicted octanol–water partition coefficient (Wildman–Crippen LogP) is 3.44. The Hall–Kier alpha value is -2.17. The van der Waals surface area contributed by atoms with Crippen molar-refractivity contribution in [1.82, 2.24) is 4.98 Å². The minimum Gasteiger partial charge on any atom is -0.508 e. The Morgan fingerprint density at radius 2 is 1.90 bits per heavy atom. The van der Waals surface area contributed by atoms with E-state index in [0.29, 0.717) is 42.3 Å². The first-order valence-electron chi connectivity index (χ1n) is 7.06. The van der Waals surface area contributed by atoms with Crippen molar-refractivity contribution >= 4 is 16.9 Å². The number of aromatic hydroxyl groups is 1. The molecule has 1 aromatic heterocycles. The van der Waals surface area contributed by atoms with Crippen LogP contribution in [0.4, 0.5) is 4.39 Å². The predicted molar refractivity (Wildman–Crippen MR) is 75.7 cm³/mol. The standard InChI is InChI=1S/C16H16FNO3/c17-13-8-11-7-12(19)5-6-14(11)18-15(13)9-1-3-10(4-2-9)16(20)21/h5-10,19H,1-4H2,(H,20,21). The average Bonchev–Trinajstić information content (AvgIpc) is 2.46. The van der Waals surface area contributed by atoms with Gasteiger partial charge in [0.25, 0.3) is 0 Å². The number of hydrogen-bond acceptors (Lipinski definition) is 3. The van der Waals surface area contributed by atoms with Gasteiger partial charge in [-0.15, -0.1) is 0 Å². The van der Waals surface area contributed by atoms with Gasteiger partial charge in [0.15, 0.2) is 0 Å². The van der Waals surface area contributed by atoms with E-state index in [1.807, 2.05) is 0 Å². The second-order valence-electron chi connectivity index (χ2n) is 5.62. The van der Waals surface area contributed by atoms with Gasteiger partial charge in [-0.05, 0) is 49.9 Å². The SMILES string of the molecule is O=C(O)C1CCC(c2nc3ccc(O)cc3cc2F)CC1. The molecule has 0 unspecified atom stereocenters. The second-order valence-corrected chi connectivity index (χ2v) is 5.62. The Labute approximate surface area is 121 Å². The molecular formula is C16H16FNO3. The third-order valence-corrected chi connectivity index (χ3v) is 4.24. The number of halogens is 1. The zero-order valence-corrected chi connectivity index (χ0v) is 11.4. The van der Waals surface area contributed by atoms with Gasteiger partial charge in [-0.3, -0.25) is 4.79 Å². The van der Waals surface area contributed by atoms with E-state index in [9.17, 15) is 14.3 Å². The second kappa shape index (κ2) is 5.31. The van der Waals surface area contributed by atoms with Crippen molar-refractivity contribution in [3.05, 3.63) is 35.8 Å². The number of carbonyl (C=O) groups is 1. The van der Waals surface area contributed by atoms with Crippen molar-refractivity contribution < 1.29 is 19.4 Å². The average molecular weight is 289 g/mol. The molecule has 1 saturated carbocycles. The van der Waals surface area contributed by atoms with Crippen LogP contribution in [-0.4, -0.2) is 21.2 Å². The van der Waals surface area contributed by atoms with Crippen LogP contribution in [0.1, 0.15) is 37.3 Å². The minimum atomic E-state index is -0.768. The van der Waals surface area contributed by atoms with E-state index in [0.717, 1.165) is 0 Å². The Morgan fingerprint density at radius 3 is 2.57 bits per heavy atom. The lowest BCUT2D eigenvalue weighted by molar-refractivity contribution is -0.142. The summed E-state index contributed by atoms with van der Waals surface area (Å²) in [5.74, 6) is -1.42. The summed E-state index contributed by atoms with van der Waals surface area (Å²) < 4.78 is 14.2. The first-order chi connectivity index (χ1) is 10.0. The number of carboxylic acids is 1. The van der Waals surface area contributed by atoms with Crippen molar-refractivity contribution in [2.75, 3.05) is 0 Å². The summed E-state index contributed by atoms with van der Waals surface area (Å²) in [4.78, 5) is 15.3. The smallest absolute Gasteiger partial charge is 0.306 e. The van der Waals surface area contributed by atoms with Gasteiger partial charge in [-0.2, -0.15) is 0 Å². The summed E-state index contributed by atoms with van der Waals surface area (Å²) in [5, 5.41) is 19.0. The molecule has 1 fully saturated rings. The molecule has 0 amide bonds. The van der Waals surface area contributed by atoms with Crippen molar-refractivity contribution in [3.63, 3.8) is 0 Å². The van der Waals surface area contributed by atoms with E-state index < -0.39 is 5.97 Å². The lowest BCUT2D eigenvalue weighted by Gasteiger charge is -2.26. The summed E-state index contributed by atoms with van der Waals surface area (Å²) in [6, 6.07) is 6.06. The summed E-state index contributed by atoms with van der Waals surface area (Å²) in [7, 11) is 0. The normalized spacial score (nSPS) is 22.3. The van der Waals surface area contributed by atoms with Crippen molar-refractivity contribution in [3.8, 4) is 5.75 Å². The van der Waals surface area contributed by atoms with Crippen LogP contribution in [0.3, 0.4) is 0 Å². The highest BCUT2D eigenvalue weighted by molar-refractivity contribution is 5.80. The molecule has 1 aliphatic carbocycles. The van der Waals surface area contributed by atoms with E-state index >= 15 is 0 Å². The van der Waals surface area contributed by atoms with Crippen LogP contribution in [-0.2, 0) is 4.79 Å². The summed E-state index contributed by atoms with van der Waals surface area (Å²) in [6.07, 6.45) is 2.42. The lowest BCUT2D eigenvalue weighted by atomic mass is 9.80. The van der Waals surface area contributed by atoms with Gasteiger partial charge in [0, 0.05) is 11.3 Å². The van der Waals surface area contributed by atoms with Crippen molar-refractivity contribution in [1.29, 1.82) is 0 Å². The molecule has 0 radical (unpaired) electrons. The quantitative estimate of drug-likeness (QED) is 0.888. The first kappa shape index (κ1) is 13.8. The van der Waals surface area contributed by atoms with Gasteiger partial charge in [0.05, 0.1) is 17.1 Å². The van der Waals surface area contributed by atoms with Crippen LogP contribution in [0.2, 0.25) is 0 Å². The highest BCUT2D eigenvalue weighted by atomic mass is 19.1. The number of pyridine rings is 1. The molecule has 110 valence electrons. The molecule has 4 nitrogen and oxygen atoms in total. The number of aliphatic carboxylic acids is 1. The van der Waals surface area contributed by atoms with E-state index in [1.54, 1.807) is 6.07 Å². The maximum Gasteiger partial charge on any atom is 0.306 e. The molecule has 2 aromatic rings. The highest BCUT2D eigenvalue weighted by Gasteiger charge is 2.29. The molecular weight excluding hydrogens is 273 g/mol. The molecule has 2 N–H and O–H groups in total. The maximum absolute atomic E-state index is 14.2. The summed E-state index contributed by atoms with van der Waals surface area (Å²) in [6.45, 7) is 0. The Kier molecular flexibility index (Phi) is 3.49. The van der Waals surface area contributed by atoms with E-state index in [4.69, 9.17) is 5.11 Å².